The Morgan fingerprint density at radius 1 is 1.38 bits per heavy atom. The normalized spacial score (nSPS) is 12.5. The predicted molar refractivity (Wildman–Crippen MR) is 55.3 cm³/mol. The third kappa shape index (κ3) is 9.32. The molecule has 0 aliphatic carbocycles. The Morgan fingerprint density at radius 2 is 2.00 bits per heavy atom. The second-order valence-corrected chi connectivity index (χ2v) is 3.42. The van der Waals surface area contributed by atoms with Crippen LogP contribution in [0.1, 0.15) is 13.8 Å². The van der Waals surface area contributed by atoms with Crippen molar-refractivity contribution in [3.05, 3.63) is 12.2 Å². The minimum Gasteiger partial charge on any atom is -0.462 e. The quantitative estimate of drug-likeness (QED) is 0.341. The standard InChI is InChI=1S/C8H11IO4/c1-6(10)12-5-3-4-8(9)13-7(2)11/h3-4,8H,5H2,1-2H3. The van der Waals surface area contributed by atoms with Crippen LogP contribution in [-0.4, -0.2) is 22.7 Å². The van der Waals surface area contributed by atoms with Gasteiger partial charge in [0.05, 0.1) is 0 Å². The van der Waals surface area contributed by atoms with E-state index in [1.165, 1.54) is 13.8 Å². The minimum absolute atomic E-state index is 0.204. The molecule has 4 nitrogen and oxygen atoms in total. The smallest absolute Gasteiger partial charge is 0.304 e. The number of hydrogen-bond donors (Lipinski definition) is 0. The molecule has 0 amide bonds. The molecule has 0 heterocycles. The van der Waals surface area contributed by atoms with Crippen molar-refractivity contribution >= 4 is 34.5 Å². The van der Waals surface area contributed by atoms with Gasteiger partial charge in [-0.3, -0.25) is 9.59 Å². The number of carbonyl (C=O) groups is 2. The summed E-state index contributed by atoms with van der Waals surface area (Å²) in [6.07, 6.45) is 3.27. The molecule has 0 saturated carbocycles. The largest absolute Gasteiger partial charge is 0.462 e. The number of halogens is 1. The van der Waals surface area contributed by atoms with Gasteiger partial charge in [0.2, 0.25) is 0 Å². The van der Waals surface area contributed by atoms with Crippen LogP contribution >= 0.6 is 22.6 Å². The summed E-state index contributed by atoms with van der Waals surface area (Å²) in [6.45, 7) is 2.88. The highest BCUT2D eigenvalue weighted by molar-refractivity contribution is 14.1. The third-order valence-electron chi connectivity index (χ3n) is 0.949. The highest BCUT2D eigenvalue weighted by Crippen LogP contribution is 2.04. The van der Waals surface area contributed by atoms with Gasteiger partial charge in [-0.05, 0) is 34.7 Å². The molecule has 1 unspecified atom stereocenters. The summed E-state index contributed by atoms with van der Waals surface area (Å²) in [5.41, 5.74) is 0. The zero-order valence-electron chi connectivity index (χ0n) is 7.45. The van der Waals surface area contributed by atoms with Gasteiger partial charge in [0.1, 0.15) is 6.61 Å². The van der Waals surface area contributed by atoms with Crippen LogP contribution in [0.15, 0.2) is 12.2 Å². The fourth-order valence-corrected chi connectivity index (χ4v) is 1.18. The Hall–Kier alpha value is -0.590. The van der Waals surface area contributed by atoms with Gasteiger partial charge < -0.3 is 9.47 Å². The fourth-order valence-electron chi connectivity index (χ4n) is 0.526. The van der Waals surface area contributed by atoms with E-state index in [1.54, 1.807) is 12.2 Å². The number of rotatable bonds is 4. The number of alkyl halides is 1. The lowest BCUT2D eigenvalue weighted by Gasteiger charge is -2.03. The van der Waals surface area contributed by atoms with Gasteiger partial charge in [-0.25, -0.2) is 0 Å². The molecule has 0 N–H and O–H groups in total. The van der Waals surface area contributed by atoms with Crippen LogP contribution in [0.5, 0.6) is 0 Å². The maximum Gasteiger partial charge on any atom is 0.304 e. The lowest BCUT2D eigenvalue weighted by molar-refractivity contribution is -0.141. The van der Waals surface area contributed by atoms with Crippen molar-refractivity contribution in [2.45, 2.75) is 18.0 Å². The van der Waals surface area contributed by atoms with Crippen molar-refractivity contribution in [2.24, 2.45) is 0 Å². The Balaban J connectivity index is 3.59. The van der Waals surface area contributed by atoms with E-state index in [0.717, 1.165) is 0 Å². The molecule has 5 heteroatoms. The highest BCUT2D eigenvalue weighted by Gasteiger charge is 2.00. The van der Waals surface area contributed by atoms with Crippen LogP contribution in [0.25, 0.3) is 0 Å². The molecule has 0 bridgehead atoms. The first kappa shape index (κ1) is 12.4. The Bertz CT molecular complexity index is 212. The van der Waals surface area contributed by atoms with E-state index < -0.39 is 0 Å². The van der Waals surface area contributed by atoms with Gasteiger partial charge in [0, 0.05) is 13.8 Å². The molecule has 0 radical (unpaired) electrons. The molecule has 13 heavy (non-hydrogen) atoms. The summed E-state index contributed by atoms with van der Waals surface area (Å²) in [7, 11) is 0. The van der Waals surface area contributed by atoms with Gasteiger partial charge in [0.15, 0.2) is 4.11 Å². The number of ether oxygens (including phenoxy) is 2. The van der Waals surface area contributed by atoms with E-state index in [1.807, 2.05) is 22.6 Å². The molecule has 0 aromatic carbocycles. The molecule has 0 aliphatic rings. The SMILES string of the molecule is CC(=O)OCC=CC(I)OC(C)=O. The molecule has 0 aliphatic heterocycles. The summed E-state index contributed by atoms with van der Waals surface area (Å²) in [5, 5.41) is 0. The maximum atomic E-state index is 10.4. The van der Waals surface area contributed by atoms with Crippen molar-refractivity contribution in [1.29, 1.82) is 0 Å². The molecule has 0 aromatic rings. The second kappa shape index (κ2) is 6.88. The lowest BCUT2D eigenvalue weighted by atomic mass is 10.5. The summed E-state index contributed by atoms with van der Waals surface area (Å²) >= 11 is 1.94. The molecular weight excluding hydrogens is 287 g/mol. The topological polar surface area (TPSA) is 52.6 Å². The molecule has 0 spiro atoms. The monoisotopic (exact) mass is 298 g/mol. The maximum absolute atomic E-state index is 10.4. The molecule has 0 saturated heterocycles. The van der Waals surface area contributed by atoms with Gasteiger partial charge in [-0.2, -0.15) is 0 Å². The van der Waals surface area contributed by atoms with Gasteiger partial charge in [-0.1, -0.05) is 0 Å². The zero-order valence-corrected chi connectivity index (χ0v) is 9.61. The Kier molecular flexibility index (Phi) is 6.56. The van der Waals surface area contributed by atoms with E-state index in [9.17, 15) is 9.59 Å². The first-order valence-corrected chi connectivity index (χ1v) is 4.88. The van der Waals surface area contributed by atoms with E-state index in [4.69, 9.17) is 4.74 Å². The lowest BCUT2D eigenvalue weighted by Crippen LogP contribution is -2.06. The zero-order chi connectivity index (χ0) is 10.3. The minimum atomic E-state index is -0.337. The van der Waals surface area contributed by atoms with Crippen molar-refractivity contribution in [1.82, 2.24) is 0 Å². The van der Waals surface area contributed by atoms with Gasteiger partial charge in [0.25, 0.3) is 0 Å². The van der Waals surface area contributed by atoms with E-state index >= 15 is 0 Å². The summed E-state index contributed by atoms with van der Waals surface area (Å²) in [6, 6.07) is 0. The molecule has 0 aromatic heterocycles. The van der Waals surface area contributed by atoms with Crippen molar-refractivity contribution in [3.63, 3.8) is 0 Å². The summed E-state index contributed by atoms with van der Waals surface area (Å²) in [4.78, 5) is 20.8. The van der Waals surface area contributed by atoms with Crippen molar-refractivity contribution in [2.75, 3.05) is 6.61 Å². The van der Waals surface area contributed by atoms with E-state index in [-0.39, 0.29) is 22.7 Å². The number of hydrogen-bond acceptors (Lipinski definition) is 4. The van der Waals surface area contributed by atoms with E-state index in [0.29, 0.717) is 0 Å². The van der Waals surface area contributed by atoms with Crippen LogP contribution in [0.4, 0.5) is 0 Å². The Morgan fingerprint density at radius 3 is 2.46 bits per heavy atom. The number of esters is 2. The molecule has 0 fully saturated rings. The fraction of sp³-hybridized carbons (Fsp3) is 0.500. The average Bonchev–Trinajstić information content (AvgIpc) is 1.96. The number of carbonyl (C=O) groups excluding carboxylic acids is 2. The summed E-state index contributed by atoms with van der Waals surface area (Å²) < 4.78 is 9.09. The second-order valence-electron chi connectivity index (χ2n) is 2.19. The van der Waals surface area contributed by atoms with Crippen LogP contribution < -0.4 is 0 Å². The average molecular weight is 298 g/mol. The predicted octanol–water partition coefficient (Wildman–Crippen LogP) is 1.43. The van der Waals surface area contributed by atoms with Crippen LogP contribution in [0, 0.1) is 0 Å². The van der Waals surface area contributed by atoms with Crippen LogP contribution in [0.3, 0.4) is 0 Å². The van der Waals surface area contributed by atoms with Crippen LogP contribution in [0.2, 0.25) is 0 Å². The third-order valence-corrected chi connectivity index (χ3v) is 1.62. The van der Waals surface area contributed by atoms with E-state index in [2.05, 4.69) is 4.74 Å². The highest BCUT2D eigenvalue weighted by atomic mass is 127. The van der Waals surface area contributed by atoms with Crippen molar-refractivity contribution in [3.8, 4) is 0 Å². The van der Waals surface area contributed by atoms with Crippen molar-refractivity contribution < 1.29 is 19.1 Å². The van der Waals surface area contributed by atoms with Crippen LogP contribution in [-0.2, 0) is 19.1 Å². The first-order chi connectivity index (χ1) is 6.02. The molecule has 0 rings (SSSR count). The Labute approximate surface area is 90.4 Å². The van der Waals surface area contributed by atoms with Gasteiger partial charge in [-0.15, -0.1) is 0 Å². The molecule has 1 atom stereocenters. The van der Waals surface area contributed by atoms with Gasteiger partial charge >= 0.3 is 11.9 Å². The molecular formula is C8H11IO4. The molecule has 74 valence electrons. The first-order valence-electron chi connectivity index (χ1n) is 3.63. The summed E-state index contributed by atoms with van der Waals surface area (Å²) in [5.74, 6) is -0.668.